The summed E-state index contributed by atoms with van der Waals surface area (Å²) in [7, 11) is 0. The van der Waals surface area contributed by atoms with Crippen LogP contribution >= 0.6 is 15.9 Å². The maximum atomic E-state index is 12.6. The maximum absolute atomic E-state index is 12.6. The van der Waals surface area contributed by atoms with E-state index in [0.717, 1.165) is 21.4 Å². The fraction of sp³-hybridized carbons (Fsp3) is 0.158. The molecule has 0 radical (unpaired) electrons. The summed E-state index contributed by atoms with van der Waals surface area (Å²) in [6, 6.07) is 17.5. The van der Waals surface area contributed by atoms with E-state index in [1.807, 2.05) is 68.4 Å². The molecule has 0 aliphatic rings. The zero-order valence-corrected chi connectivity index (χ0v) is 15.2. The third kappa shape index (κ3) is 3.57. The standard InChI is InChI=1S/C19H18BrN3O/c1-3-23-18(19(24)21-16-6-4-5-15(20)11-16)12-17(22-23)14-9-7-13(2)8-10-14/h4-12H,3H2,1-2H3,(H,21,24). The Bertz CT molecular complexity index is 869. The van der Waals surface area contributed by atoms with Gasteiger partial charge in [0.1, 0.15) is 5.69 Å². The second kappa shape index (κ2) is 7.01. The first-order valence-electron chi connectivity index (χ1n) is 7.78. The zero-order valence-electron chi connectivity index (χ0n) is 13.6. The number of halogens is 1. The third-order valence-corrected chi connectivity index (χ3v) is 4.24. The zero-order chi connectivity index (χ0) is 17.1. The van der Waals surface area contributed by atoms with E-state index in [2.05, 4.69) is 26.3 Å². The molecule has 0 fully saturated rings. The number of carbonyl (C=O) groups excluding carboxylic acids is 1. The van der Waals surface area contributed by atoms with E-state index < -0.39 is 0 Å². The molecule has 5 heteroatoms. The van der Waals surface area contributed by atoms with E-state index in [-0.39, 0.29) is 5.91 Å². The van der Waals surface area contributed by atoms with Gasteiger partial charge in [0.25, 0.3) is 5.91 Å². The van der Waals surface area contributed by atoms with Gasteiger partial charge >= 0.3 is 0 Å². The monoisotopic (exact) mass is 383 g/mol. The van der Waals surface area contributed by atoms with Crippen LogP contribution in [0.25, 0.3) is 11.3 Å². The highest BCUT2D eigenvalue weighted by molar-refractivity contribution is 9.10. The molecule has 1 amide bonds. The smallest absolute Gasteiger partial charge is 0.273 e. The molecule has 0 aliphatic carbocycles. The number of amides is 1. The Morgan fingerprint density at radius 3 is 2.58 bits per heavy atom. The van der Waals surface area contributed by atoms with Gasteiger partial charge in [-0.25, -0.2) is 0 Å². The average molecular weight is 384 g/mol. The quantitative estimate of drug-likeness (QED) is 0.696. The largest absolute Gasteiger partial charge is 0.321 e. The van der Waals surface area contributed by atoms with Gasteiger partial charge in [0.15, 0.2) is 0 Å². The lowest BCUT2D eigenvalue weighted by molar-refractivity contribution is 0.101. The van der Waals surface area contributed by atoms with Crippen LogP contribution in [0.1, 0.15) is 23.0 Å². The van der Waals surface area contributed by atoms with Crippen LogP contribution in [0.15, 0.2) is 59.1 Å². The summed E-state index contributed by atoms with van der Waals surface area (Å²) in [4.78, 5) is 12.6. The Morgan fingerprint density at radius 2 is 1.92 bits per heavy atom. The number of anilines is 1. The molecule has 122 valence electrons. The Morgan fingerprint density at radius 1 is 1.17 bits per heavy atom. The number of aromatic nitrogens is 2. The van der Waals surface area contributed by atoms with Crippen LogP contribution in [0.4, 0.5) is 5.69 Å². The van der Waals surface area contributed by atoms with E-state index in [1.165, 1.54) is 5.56 Å². The predicted molar refractivity (Wildman–Crippen MR) is 100 cm³/mol. The van der Waals surface area contributed by atoms with Crippen molar-refractivity contribution in [2.75, 3.05) is 5.32 Å². The van der Waals surface area contributed by atoms with Crippen molar-refractivity contribution >= 4 is 27.5 Å². The fourth-order valence-electron chi connectivity index (χ4n) is 2.47. The topological polar surface area (TPSA) is 46.9 Å². The van der Waals surface area contributed by atoms with Crippen LogP contribution in [0.3, 0.4) is 0 Å². The van der Waals surface area contributed by atoms with Crippen LogP contribution in [-0.4, -0.2) is 15.7 Å². The second-order valence-electron chi connectivity index (χ2n) is 5.56. The van der Waals surface area contributed by atoms with Crippen molar-refractivity contribution in [2.24, 2.45) is 0 Å². The minimum atomic E-state index is -0.166. The molecule has 1 N–H and O–H groups in total. The normalized spacial score (nSPS) is 10.6. The second-order valence-corrected chi connectivity index (χ2v) is 6.48. The minimum Gasteiger partial charge on any atom is -0.321 e. The van der Waals surface area contributed by atoms with Crippen LogP contribution < -0.4 is 5.32 Å². The molecule has 24 heavy (non-hydrogen) atoms. The van der Waals surface area contributed by atoms with Crippen molar-refractivity contribution in [3.05, 3.63) is 70.3 Å². The molecule has 4 nitrogen and oxygen atoms in total. The number of nitrogens with one attached hydrogen (secondary N) is 1. The van der Waals surface area contributed by atoms with Gasteiger partial charge in [0, 0.05) is 22.3 Å². The van der Waals surface area contributed by atoms with Crippen LogP contribution in [0.2, 0.25) is 0 Å². The highest BCUT2D eigenvalue weighted by Gasteiger charge is 2.15. The van der Waals surface area contributed by atoms with Gasteiger partial charge in [-0.15, -0.1) is 0 Å². The van der Waals surface area contributed by atoms with Gasteiger partial charge < -0.3 is 5.32 Å². The van der Waals surface area contributed by atoms with Gasteiger partial charge in [0.2, 0.25) is 0 Å². The van der Waals surface area contributed by atoms with E-state index >= 15 is 0 Å². The number of hydrogen-bond donors (Lipinski definition) is 1. The average Bonchev–Trinajstić information content (AvgIpc) is 3.00. The molecule has 3 rings (SSSR count). The predicted octanol–water partition coefficient (Wildman–Crippen LogP) is 4.89. The van der Waals surface area contributed by atoms with Gasteiger partial charge in [-0.05, 0) is 38.1 Å². The number of nitrogens with zero attached hydrogens (tertiary/aromatic N) is 2. The van der Waals surface area contributed by atoms with E-state index in [4.69, 9.17) is 0 Å². The lowest BCUT2D eigenvalue weighted by Crippen LogP contribution is -2.17. The Hall–Kier alpha value is -2.40. The summed E-state index contributed by atoms with van der Waals surface area (Å²) in [6.45, 7) is 4.65. The van der Waals surface area contributed by atoms with E-state index in [0.29, 0.717) is 12.2 Å². The molecule has 0 atom stereocenters. The molecule has 0 aliphatic heterocycles. The first-order valence-corrected chi connectivity index (χ1v) is 8.58. The van der Waals surface area contributed by atoms with E-state index in [1.54, 1.807) is 4.68 Å². The first kappa shape index (κ1) is 16.5. The van der Waals surface area contributed by atoms with Crippen molar-refractivity contribution in [1.82, 2.24) is 9.78 Å². The van der Waals surface area contributed by atoms with Crippen molar-refractivity contribution in [1.29, 1.82) is 0 Å². The summed E-state index contributed by atoms with van der Waals surface area (Å²) in [5, 5.41) is 7.47. The Balaban J connectivity index is 1.89. The molecule has 0 saturated heterocycles. The van der Waals surface area contributed by atoms with Gasteiger partial charge in [-0.1, -0.05) is 51.8 Å². The van der Waals surface area contributed by atoms with Crippen molar-refractivity contribution < 1.29 is 4.79 Å². The number of hydrogen-bond acceptors (Lipinski definition) is 2. The maximum Gasteiger partial charge on any atom is 0.273 e. The molecule has 0 unspecified atom stereocenters. The first-order chi connectivity index (χ1) is 11.6. The van der Waals surface area contributed by atoms with E-state index in [9.17, 15) is 4.79 Å². The lowest BCUT2D eigenvalue weighted by Gasteiger charge is -2.06. The van der Waals surface area contributed by atoms with Crippen molar-refractivity contribution in [3.63, 3.8) is 0 Å². The summed E-state index contributed by atoms with van der Waals surface area (Å²) in [5.41, 5.74) is 4.30. The van der Waals surface area contributed by atoms with Crippen molar-refractivity contribution in [3.8, 4) is 11.3 Å². The van der Waals surface area contributed by atoms with Crippen LogP contribution in [0.5, 0.6) is 0 Å². The third-order valence-electron chi connectivity index (χ3n) is 3.74. The molecule has 1 heterocycles. The molecule has 2 aromatic carbocycles. The van der Waals surface area contributed by atoms with Crippen molar-refractivity contribution in [2.45, 2.75) is 20.4 Å². The molecule has 1 aromatic heterocycles. The lowest BCUT2D eigenvalue weighted by atomic mass is 10.1. The van der Waals surface area contributed by atoms with Gasteiger partial charge in [0.05, 0.1) is 5.69 Å². The highest BCUT2D eigenvalue weighted by atomic mass is 79.9. The van der Waals surface area contributed by atoms with Gasteiger partial charge in [-0.3, -0.25) is 9.48 Å². The Labute approximate surface area is 149 Å². The van der Waals surface area contributed by atoms with Crippen LogP contribution in [-0.2, 0) is 6.54 Å². The molecule has 0 bridgehead atoms. The molecule has 0 spiro atoms. The number of rotatable bonds is 4. The van der Waals surface area contributed by atoms with Gasteiger partial charge in [-0.2, -0.15) is 5.10 Å². The summed E-state index contributed by atoms with van der Waals surface area (Å²) in [6.07, 6.45) is 0. The minimum absolute atomic E-state index is 0.166. The SMILES string of the molecule is CCn1nc(-c2ccc(C)cc2)cc1C(=O)Nc1cccc(Br)c1. The molecular formula is C19H18BrN3O. The van der Waals surface area contributed by atoms with Crippen LogP contribution in [0, 0.1) is 6.92 Å². The summed E-state index contributed by atoms with van der Waals surface area (Å²) in [5.74, 6) is -0.166. The molecule has 0 saturated carbocycles. The molecule has 3 aromatic rings. The number of benzene rings is 2. The fourth-order valence-corrected chi connectivity index (χ4v) is 2.87. The molecular weight excluding hydrogens is 366 g/mol. The summed E-state index contributed by atoms with van der Waals surface area (Å²) < 4.78 is 2.65. The number of aryl methyl sites for hydroxylation is 2. The Kier molecular flexibility index (Phi) is 4.81. The number of carbonyl (C=O) groups is 1. The summed E-state index contributed by atoms with van der Waals surface area (Å²) >= 11 is 3.41. The highest BCUT2D eigenvalue weighted by Crippen LogP contribution is 2.21.